The van der Waals surface area contributed by atoms with Crippen LogP contribution in [0.2, 0.25) is 0 Å². The Hall–Kier alpha value is -1.79. The molecule has 0 saturated carbocycles. The summed E-state index contributed by atoms with van der Waals surface area (Å²) in [5.41, 5.74) is 1.82. The van der Waals surface area contributed by atoms with Gasteiger partial charge < -0.3 is 9.90 Å². The molecule has 0 spiro atoms. The number of allylic oxidation sites excluding steroid dienone is 4. The Kier molecular flexibility index (Phi) is 8.57. The van der Waals surface area contributed by atoms with E-state index in [1.54, 1.807) is 0 Å². The number of carboxylic acid groups (broad SMARTS) is 1. The van der Waals surface area contributed by atoms with E-state index in [9.17, 15) is 14.7 Å². The number of hydrogen-bond acceptors (Lipinski definition) is 5. The third-order valence-electron chi connectivity index (χ3n) is 3.47. The molecule has 0 amide bonds. The molecule has 6 heteroatoms. The number of carboxylic acids is 1. The van der Waals surface area contributed by atoms with Crippen LogP contribution < -0.4 is 5.32 Å². The normalized spacial score (nSPS) is 15.0. The third-order valence-corrected chi connectivity index (χ3v) is 4.41. The molecule has 132 valence electrons. The Labute approximate surface area is 147 Å². The largest absolute Gasteiger partial charge is 0.480 e. The lowest BCUT2D eigenvalue weighted by Crippen LogP contribution is -2.45. The van der Waals surface area contributed by atoms with Crippen LogP contribution in [0.5, 0.6) is 0 Å². The molecule has 0 aliphatic rings. The number of nitrogens with one attached hydrogen (secondary N) is 1. The molecule has 1 unspecified atom stereocenters. The quantitative estimate of drug-likeness (QED) is 0.500. The minimum atomic E-state index is -0.932. The number of hydrogen-bond donors (Lipinski definition) is 2. The zero-order valence-electron chi connectivity index (χ0n) is 14.7. The molecular weight excluding hydrogens is 324 g/mol. The Morgan fingerprint density at radius 1 is 1.42 bits per heavy atom. The molecule has 0 radical (unpaired) electrons. The predicted molar refractivity (Wildman–Crippen MR) is 98.1 cm³/mol. The van der Waals surface area contributed by atoms with E-state index in [1.165, 1.54) is 11.3 Å². The summed E-state index contributed by atoms with van der Waals surface area (Å²) in [7, 11) is 0. The summed E-state index contributed by atoms with van der Waals surface area (Å²) in [6.07, 6.45) is 7.55. The Bertz CT molecular complexity index is 605. The predicted octanol–water partition coefficient (Wildman–Crippen LogP) is 3.32. The van der Waals surface area contributed by atoms with Gasteiger partial charge in [-0.1, -0.05) is 32.1 Å². The lowest BCUT2D eigenvalue weighted by Gasteiger charge is -2.20. The molecule has 1 aromatic heterocycles. The van der Waals surface area contributed by atoms with Crippen LogP contribution in [0.4, 0.5) is 0 Å². The Balaban J connectivity index is 2.80. The van der Waals surface area contributed by atoms with Gasteiger partial charge in [0.2, 0.25) is 0 Å². The van der Waals surface area contributed by atoms with Gasteiger partial charge in [0.1, 0.15) is 17.3 Å². The fourth-order valence-electron chi connectivity index (χ4n) is 2.35. The van der Waals surface area contributed by atoms with Gasteiger partial charge in [0.15, 0.2) is 0 Å². The number of thiazole rings is 1. The fourth-order valence-corrected chi connectivity index (χ4v) is 3.23. The molecule has 1 heterocycles. The van der Waals surface area contributed by atoms with Gasteiger partial charge in [-0.05, 0) is 26.2 Å². The monoisotopic (exact) mass is 350 g/mol. The number of nitrogens with zero attached hydrogens (tertiary/aromatic N) is 1. The van der Waals surface area contributed by atoms with Crippen LogP contribution in [0.25, 0.3) is 5.57 Å². The lowest BCUT2D eigenvalue weighted by molar-refractivity contribution is -0.140. The fraction of sp³-hybridized carbons (Fsp3) is 0.500. The molecule has 0 aromatic carbocycles. The molecule has 2 atom stereocenters. The van der Waals surface area contributed by atoms with Crippen molar-refractivity contribution in [1.29, 1.82) is 0 Å². The van der Waals surface area contributed by atoms with Crippen LogP contribution in [0.3, 0.4) is 0 Å². The van der Waals surface area contributed by atoms with Gasteiger partial charge in [-0.3, -0.25) is 10.1 Å². The van der Waals surface area contributed by atoms with Gasteiger partial charge in [-0.15, -0.1) is 11.3 Å². The first-order valence-electron chi connectivity index (χ1n) is 8.09. The van der Waals surface area contributed by atoms with E-state index in [4.69, 9.17) is 0 Å². The van der Waals surface area contributed by atoms with Crippen molar-refractivity contribution in [2.45, 2.75) is 52.6 Å². The highest BCUT2D eigenvalue weighted by atomic mass is 32.1. The Morgan fingerprint density at radius 3 is 2.62 bits per heavy atom. The van der Waals surface area contributed by atoms with Gasteiger partial charge in [-0.25, -0.2) is 4.98 Å². The van der Waals surface area contributed by atoms with E-state index in [1.807, 2.05) is 51.3 Å². The summed E-state index contributed by atoms with van der Waals surface area (Å²) in [6.45, 7) is 7.82. The second-order valence-corrected chi connectivity index (χ2v) is 6.88. The summed E-state index contributed by atoms with van der Waals surface area (Å²) in [5, 5.41) is 15.0. The highest BCUT2D eigenvalue weighted by Crippen LogP contribution is 2.21. The zero-order chi connectivity index (χ0) is 18.1. The first kappa shape index (κ1) is 20.3. The smallest absolute Gasteiger partial charge is 0.320 e. The molecule has 0 aliphatic carbocycles. The maximum absolute atomic E-state index is 11.4. The first-order valence-corrected chi connectivity index (χ1v) is 8.97. The van der Waals surface area contributed by atoms with Crippen molar-refractivity contribution in [3.8, 4) is 0 Å². The minimum Gasteiger partial charge on any atom is -0.480 e. The van der Waals surface area contributed by atoms with E-state index < -0.39 is 18.1 Å². The topological polar surface area (TPSA) is 79.3 Å². The molecule has 2 N–H and O–H groups in total. The third kappa shape index (κ3) is 6.37. The molecule has 0 fully saturated rings. The van der Waals surface area contributed by atoms with Crippen molar-refractivity contribution >= 4 is 29.2 Å². The van der Waals surface area contributed by atoms with E-state index in [0.717, 1.165) is 22.6 Å². The van der Waals surface area contributed by atoms with Crippen LogP contribution >= 0.6 is 11.3 Å². The van der Waals surface area contributed by atoms with Crippen molar-refractivity contribution in [3.63, 3.8) is 0 Å². The second-order valence-electron chi connectivity index (χ2n) is 6.02. The van der Waals surface area contributed by atoms with E-state index in [0.29, 0.717) is 12.8 Å². The highest BCUT2D eigenvalue weighted by molar-refractivity contribution is 7.10. The number of carbonyl (C=O) groups excluding carboxylic acids is 1. The number of aromatic nitrogens is 1. The molecule has 0 aliphatic heterocycles. The van der Waals surface area contributed by atoms with Crippen LogP contribution in [-0.2, 0) is 16.0 Å². The number of carbonyl (C=O) groups is 2. The summed E-state index contributed by atoms with van der Waals surface area (Å²) in [6, 6.07) is -1.29. The molecule has 24 heavy (non-hydrogen) atoms. The van der Waals surface area contributed by atoms with Crippen molar-refractivity contribution < 1.29 is 14.7 Å². The van der Waals surface area contributed by atoms with Gasteiger partial charge >= 0.3 is 5.97 Å². The van der Waals surface area contributed by atoms with Crippen molar-refractivity contribution in [1.82, 2.24) is 10.3 Å². The van der Waals surface area contributed by atoms with Crippen LogP contribution in [-0.4, -0.2) is 34.4 Å². The minimum absolute atomic E-state index is 0.231. The Morgan fingerprint density at radius 2 is 2.12 bits per heavy atom. The van der Waals surface area contributed by atoms with Crippen LogP contribution in [0, 0.1) is 5.92 Å². The standard InChI is InChI=1S/C18H26N2O3S/c1-5-7-13(6-2)17-20-15(11-24-17)9-14(10-21)19-16(18(22)23)8-12(3)4/h5-7,10-12,14,16,19H,8-9H2,1-4H3,(H,22,23)/b7-5-,13-6+/t14-,16?/m0/s1. The van der Waals surface area contributed by atoms with E-state index in [-0.39, 0.29) is 5.92 Å². The van der Waals surface area contributed by atoms with E-state index >= 15 is 0 Å². The van der Waals surface area contributed by atoms with Crippen molar-refractivity contribution in [2.24, 2.45) is 5.92 Å². The van der Waals surface area contributed by atoms with Crippen LogP contribution in [0.15, 0.2) is 23.6 Å². The molecule has 1 rings (SSSR count). The van der Waals surface area contributed by atoms with Gasteiger partial charge in [-0.2, -0.15) is 0 Å². The average molecular weight is 350 g/mol. The molecular formula is C18H26N2O3S. The van der Waals surface area contributed by atoms with Crippen molar-refractivity contribution in [2.75, 3.05) is 0 Å². The number of aldehydes is 1. The molecule has 5 nitrogen and oxygen atoms in total. The average Bonchev–Trinajstić information content (AvgIpc) is 2.98. The maximum Gasteiger partial charge on any atom is 0.320 e. The molecule has 1 aromatic rings. The molecule has 0 saturated heterocycles. The summed E-state index contributed by atoms with van der Waals surface area (Å²) < 4.78 is 0. The lowest BCUT2D eigenvalue weighted by atomic mass is 10.0. The summed E-state index contributed by atoms with van der Waals surface area (Å²) in [5.74, 6) is -0.700. The summed E-state index contributed by atoms with van der Waals surface area (Å²) in [4.78, 5) is 27.2. The summed E-state index contributed by atoms with van der Waals surface area (Å²) >= 11 is 1.52. The maximum atomic E-state index is 11.4. The van der Waals surface area contributed by atoms with Gasteiger partial charge in [0.25, 0.3) is 0 Å². The van der Waals surface area contributed by atoms with Gasteiger partial charge in [0, 0.05) is 17.4 Å². The molecule has 0 bridgehead atoms. The second kappa shape index (κ2) is 10.2. The van der Waals surface area contributed by atoms with Crippen molar-refractivity contribution in [3.05, 3.63) is 34.3 Å². The highest BCUT2D eigenvalue weighted by Gasteiger charge is 2.23. The SMILES string of the molecule is C/C=C\C(=C/C)c1nc(C[C@@H](C=O)NC(CC(C)C)C(=O)O)cs1. The first-order chi connectivity index (χ1) is 11.4. The number of aliphatic carboxylic acids is 1. The van der Waals surface area contributed by atoms with Gasteiger partial charge in [0.05, 0.1) is 11.7 Å². The number of rotatable bonds is 10. The zero-order valence-corrected chi connectivity index (χ0v) is 15.5. The van der Waals surface area contributed by atoms with Crippen LogP contribution in [0.1, 0.15) is 44.8 Å². The van der Waals surface area contributed by atoms with E-state index in [2.05, 4.69) is 10.3 Å².